The van der Waals surface area contributed by atoms with Gasteiger partial charge in [0.2, 0.25) is 0 Å². The lowest BCUT2D eigenvalue weighted by atomic mass is 10.1. The van der Waals surface area contributed by atoms with Crippen molar-refractivity contribution in [2.45, 2.75) is 12.6 Å². The van der Waals surface area contributed by atoms with Gasteiger partial charge in [0, 0.05) is 29.0 Å². The summed E-state index contributed by atoms with van der Waals surface area (Å²) in [4.78, 5) is 13.4. The van der Waals surface area contributed by atoms with E-state index in [9.17, 15) is 18.0 Å². The molecule has 0 radical (unpaired) electrons. The van der Waals surface area contributed by atoms with Crippen LogP contribution in [0.2, 0.25) is 0 Å². The Hall–Kier alpha value is -2.45. The van der Waals surface area contributed by atoms with Gasteiger partial charge in [-0.25, -0.2) is 0 Å². The van der Waals surface area contributed by atoms with Crippen LogP contribution in [0.15, 0.2) is 29.4 Å². The van der Waals surface area contributed by atoms with Crippen LogP contribution in [0.1, 0.15) is 22.3 Å². The highest BCUT2D eigenvalue weighted by atomic mass is 19.4. The van der Waals surface area contributed by atoms with E-state index in [0.29, 0.717) is 12.0 Å². The van der Waals surface area contributed by atoms with Crippen LogP contribution in [0.3, 0.4) is 0 Å². The van der Waals surface area contributed by atoms with E-state index in [1.165, 1.54) is 12.1 Å². The Labute approximate surface area is 106 Å². The van der Waals surface area contributed by atoms with Gasteiger partial charge in [-0.2, -0.15) is 13.2 Å². The zero-order valence-electron chi connectivity index (χ0n) is 9.61. The SMILES string of the molecule is [N-]=[N+]=NCCC#Cc1ccc(C(=O)C(F)(F)F)cc1. The summed E-state index contributed by atoms with van der Waals surface area (Å²) in [7, 11) is 0. The predicted molar refractivity (Wildman–Crippen MR) is 62.3 cm³/mol. The van der Waals surface area contributed by atoms with Crippen molar-refractivity contribution in [1.29, 1.82) is 0 Å². The van der Waals surface area contributed by atoms with Gasteiger partial charge < -0.3 is 0 Å². The van der Waals surface area contributed by atoms with Gasteiger partial charge >= 0.3 is 6.18 Å². The second-order valence-corrected chi connectivity index (χ2v) is 3.41. The number of rotatable bonds is 3. The molecule has 0 aliphatic heterocycles. The first-order valence-corrected chi connectivity index (χ1v) is 5.16. The van der Waals surface area contributed by atoms with E-state index in [-0.39, 0.29) is 6.54 Å². The highest BCUT2D eigenvalue weighted by Gasteiger charge is 2.38. The van der Waals surface area contributed by atoms with Crippen molar-refractivity contribution < 1.29 is 18.0 Å². The molecule has 1 aromatic carbocycles. The fraction of sp³-hybridized carbons (Fsp3) is 0.250. The van der Waals surface area contributed by atoms with Crippen molar-refractivity contribution in [3.63, 3.8) is 0 Å². The average Bonchev–Trinajstić information content (AvgIpc) is 2.37. The number of alkyl halides is 3. The van der Waals surface area contributed by atoms with Crippen LogP contribution in [0.4, 0.5) is 13.2 Å². The number of hydrogen-bond donors (Lipinski definition) is 0. The highest BCUT2D eigenvalue weighted by Crippen LogP contribution is 2.21. The van der Waals surface area contributed by atoms with Gasteiger partial charge in [0.25, 0.3) is 5.78 Å². The van der Waals surface area contributed by atoms with Gasteiger partial charge in [0.1, 0.15) is 0 Å². The average molecular weight is 267 g/mol. The molecule has 0 saturated heterocycles. The predicted octanol–water partition coefficient (Wildman–Crippen LogP) is 3.48. The molecular formula is C12H8F3N3O. The standard InChI is InChI=1S/C12H8F3N3O/c13-12(14,15)11(19)10-6-4-9(5-7-10)3-1-2-8-17-18-16/h4-7H,2,8H2. The summed E-state index contributed by atoms with van der Waals surface area (Å²) in [5.74, 6) is 3.50. The van der Waals surface area contributed by atoms with E-state index in [4.69, 9.17) is 5.53 Å². The molecule has 4 nitrogen and oxygen atoms in total. The summed E-state index contributed by atoms with van der Waals surface area (Å²) >= 11 is 0. The van der Waals surface area contributed by atoms with Crippen molar-refractivity contribution in [2.24, 2.45) is 5.11 Å². The van der Waals surface area contributed by atoms with Crippen molar-refractivity contribution in [1.82, 2.24) is 0 Å². The molecule has 0 aliphatic carbocycles. The van der Waals surface area contributed by atoms with Crippen LogP contribution in [0, 0.1) is 11.8 Å². The van der Waals surface area contributed by atoms with Gasteiger partial charge in [0.15, 0.2) is 0 Å². The second-order valence-electron chi connectivity index (χ2n) is 3.41. The van der Waals surface area contributed by atoms with Crippen LogP contribution in [0.25, 0.3) is 10.4 Å². The minimum Gasteiger partial charge on any atom is -0.284 e. The lowest BCUT2D eigenvalue weighted by molar-refractivity contribution is -0.0885. The zero-order chi connectivity index (χ0) is 14.3. The fourth-order valence-corrected chi connectivity index (χ4v) is 1.18. The van der Waals surface area contributed by atoms with Gasteiger partial charge in [-0.3, -0.25) is 4.79 Å². The number of azide groups is 1. The summed E-state index contributed by atoms with van der Waals surface area (Å²) in [5.41, 5.74) is 8.08. The van der Waals surface area contributed by atoms with Gasteiger partial charge in [-0.05, 0) is 29.8 Å². The molecule has 0 aromatic heterocycles. The molecule has 19 heavy (non-hydrogen) atoms. The second kappa shape index (κ2) is 6.47. The van der Waals surface area contributed by atoms with Crippen molar-refractivity contribution >= 4 is 5.78 Å². The molecule has 0 saturated carbocycles. The Balaban J connectivity index is 2.72. The molecular weight excluding hydrogens is 259 g/mol. The van der Waals surface area contributed by atoms with Crippen molar-refractivity contribution in [3.05, 3.63) is 45.8 Å². The Morgan fingerprint density at radius 2 is 1.95 bits per heavy atom. The van der Waals surface area contributed by atoms with E-state index in [1.807, 2.05) is 0 Å². The molecule has 0 bridgehead atoms. The Bertz CT molecular complexity index is 561. The molecule has 98 valence electrons. The maximum Gasteiger partial charge on any atom is 0.454 e. The van der Waals surface area contributed by atoms with E-state index in [2.05, 4.69) is 21.9 Å². The molecule has 1 rings (SSSR count). The molecule has 0 fully saturated rings. The third-order valence-electron chi connectivity index (χ3n) is 2.04. The molecule has 0 heterocycles. The lowest BCUT2D eigenvalue weighted by Crippen LogP contribution is -2.22. The Morgan fingerprint density at radius 1 is 1.32 bits per heavy atom. The molecule has 0 unspecified atom stereocenters. The summed E-state index contributed by atoms with van der Waals surface area (Å²) in [5, 5.41) is 3.28. The number of carbonyl (C=O) groups excluding carboxylic acids is 1. The highest BCUT2D eigenvalue weighted by molar-refractivity contribution is 6.00. The molecule has 0 amide bonds. The molecule has 0 aliphatic rings. The smallest absolute Gasteiger partial charge is 0.284 e. The summed E-state index contributed by atoms with van der Waals surface area (Å²) in [6.07, 6.45) is -4.52. The zero-order valence-corrected chi connectivity index (χ0v) is 9.61. The monoisotopic (exact) mass is 267 g/mol. The normalized spacial score (nSPS) is 10.1. The van der Waals surface area contributed by atoms with E-state index in [0.717, 1.165) is 12.1 Å². The van der Waals surface area contributed by atoms with Crippen LogP contribution < -0.4 is 0 Å². The van der Waals surface area contributed by atoms with Gasteiger partial charge in [-0.1, -0.05) is 17.0 Å². The van der Waals surface area contributed by atoms with Crippen LogP contribution in [0.5, 0.6) is 0 Å². The third kappa shape index (κ3) is 4.74. The Kier molecular flexibility index (Phi) is 4.98. The van der Waals surface area contributed by atoms with E-state index >= 15 is 0 Å². The quantitative estimate of drug-likeness (QED) is 0.206. The first kappa shape index (κ1) is 14.6. The topological polar surface area (TPSA) is 65.8 Å². The number of hydrogen-bond acceptors (Lipinski definition) is 2. The molecule has 0 N–H and O–H groups in total. The minimum absolute atomic E-state index is 0.230. The Morgan fingerprint density at radius 3 is 2.47 bits per heavy atom. The minimum atomic E-state index is -4.87. The number of halogens is 3. The van der Waals surface area contributed by atoms with E-state index < -0.39 is 17.5 Å². The van der Waals surface area contributed by atoms with Crippen molar-refractivity contribution in [2.75, 3.05) is 6.54 Å². The number of ketones is 1. The fourth-order valence-electron chi connectivity index (χ4n) is 1.18. The number of benzene rings is 1. The number of Topliss-reactive ketones (excluding diaryl/α,β-unsaturated/α-hetero) is 1. The van der Waals surface area contributed by atoms with Gasteiger partial charge in [-0.15, -0.1) is 0 Å². The van der Waals surface area contributed by atoms with Crippen LogP contribution >= 0.6 is 0 Å². The number of carbonyl (C=O) groups is 1. The summed E-state index contributed by atoms with van der Waals surface area (Å²) in [6.45, 7) is 0.230. The summed E-state index contributed by atoms with van der Waals surface area (Å²) in [6, 6.07) is 4.82. The van der Waals surface area contributed by atoms with Crippen LogP contribution in [-0.2, 0) is 0 Å². The molecule has 1 aromatic rings. The molecule has 0 atom stereocenters. The first-order valence-electron chi connectivity index (χ1n) is 5.16. The largest absolute Gasteiger partial charge is 0.454 e. The van der Waals surface area contributed by atoms with Crippen molar-refractivity contribution in [3.8, 4) is 11.8 Å². The summed E-state index contributed by atoms with van der Waals surface area (Å²) < 4.78 is 36.4. The molecule has 7 heteroatoms. The van der Waals surface area contributed by atoms with E-state index in [1.54, 1.807) is 0 Å². The number of nitrogens with zero attached hydrogens (tertiary/aromatic N) is 3. The maximum atomic E-state index is 12.1. The third-order valence-corrected chi connectivity index (χ3v) is 2.04. The lowest BCUT2D eigenvalue weighted by Gasteiger charge is -2.04. The van der Waals surface area contributed by atoms with Crippen LogP contribution in [-0.4, -0.2) is 18.5 Å². The molecule has 0 spiro atoms. The van der Waals surface area contributed by atoms with Gasteiger partial charge in [0.05, 0.1) is 0 Å². The maximum absolute atomic E-state index is 12.1. The first-order chi connectivity index (χ1) is 8.95.